The van der Waals surface area contributed by atoms with Crippen molar-refractivity contribution >= 4 is 15.4 Å². The molecule has 0 aromatic heterocycles. The maximum atomic E-state index is 13.1. The van der Waals surface area contributed by atoms with Crippen molar-refractivity contribution < 1.29 is 34.8 Å². The molecule has 1 aliphatic rings. The van der Waals surface area contributed by atoms with E-state index in [4.69, 9.17) is 6.57 Å². The summed E-state index contributed by atoms with van der Waals surface area (Å²) in [5, 5.41) is 9.20. The molecular weight excluding hydrogens is 422 g/mol. The summed E-state index contributed by atoms with van der Waals surface area (Å²) < 4.78 is 104. The molecule has 2 aromatic carbocycles. The molecular formula is C18H6F6N2O2S. The third kappa shape index (κ3) is 3.23. The monoisotopic (exact) mass is 428 g/mol. The first-order chi connectivity index (χ1) is 13.3. The Morgan fingerprint density at radius 3 is 1.62 bits per heavy atom. The molecule has 0 saturated heterocycles. The van der Waals surface area contributed by atoms with Crippen LogP contribution >= 0.6 is 0 Å². The van der Waals surface area contributed by atoms with Crippen molar-refractivity contribution in [2.24, 2.45) is 0 Å². The van der Waals surface area contributed by atoms with E-state index in [2.05, 4.69) is 4.85 Å². The summed E-state index contributed by atoms with van der Waals surface area (Å²) in [5.74, 6) is 0. The fourth-order valence-electron chi connectivity index (χ4n) is 2.91. The Labute approximate surface area is 160 Å². The average Bonchev–Trinajstić information content (AvgIpc) is 2.63. The quantitative estimate of drug-likeness (QED) is 0.285. The number of nitriles is 1. The molecule has 0 spiro atoms. The lowest BCUT2D eigenvalue weighted by Crippen LogP contribution is -2.18. The third-order valence-corrected chi connectivity index (χ3v) is 6.02. The first kappa shape index (κ1) is 20.4. The summed E-state index contributed by atoms with van der Waals surface area (Å²) in [6, 6.07) is 4.79. The van der Waals surface area contributed by atoms with Crippen molar-refractivity contribution in [2.75, 3.05) is 0 Å². The van der Waals surface area contributed by atoms with E-state index >= 15 is 0 Å². The minimum Gasteiger partial charge on any atom is -0.226 e. The van der Waals surface area contributed by atoms with Gasteiger partial charge in [0.25, 0.3) is 5.70 Å². The van der Waals surface area contributed by atoms with Crippen LogP contribution in [-0.2, 0) is 22.2 Å². The summed E-state index contributed by atoms with van der Waals surface area (Å²) in [6.45, 7) is 7.10. The van der Waals surface area contributed by atoms with Crippen LogP contribution in [0.4, 0.5) is 26.3 Å². The van der Waals surface area contributed by atoms with Crippen LogP contribution in [0.25, 0.3) is 10.4 Å². The number of rotatable bonds is 0. The van der Waals surface area contributed by atoms with Crippen LogP contribution in [0.2, 0.25) is 0 Å². The van der Waals surface area contributed by atoms with E-state index in [1.54, 1.807) is 0 Å². The molecule has 0 bridgehead atoms. The highest BCUT2D eigenvalue weighted by atomic mass is 32.2. The van der Waals surface area contributed by atoms with E-state index in [1.807, 2.05) is 0 Å². The molecule has 3 rings (SSSR count). The van der Waals surface area contributed by atoms with Gasteiger partial charge in [-0.05, 0) is 35.4 Å². The summed E-state index contributed by atoms with van der Waals surface area (Å²) in [5.41, 5.74) is -4.41. The molecule has 4 nitrogen and oxygen atoms in total. The van der Waals surface area contributed by atoms with Crippen LogP contribution in [0.3, 0.4) is 0 Å². The Kier molecular flexibility index (Phi) is 4.48. The predicted molar refractivity (Wildman–Crippen MR) is 86.6 cm³/mol. The Morgan fingerprint density at radius 2 is 1.31 bits per heavy atom. The average molecular weight is 428 g/mol. The maximum absolute atomic E-state index is 13.1. The largest absolute Gasteiger partial charge is 0.416 e. The van der Waals surface area contributed by atoms with Crippen molar-refractivity contribution in [3.8, 4) is 6.07 Å². The van der Waals surface area contributed by atoms with E-state index in [0.29, 0.717) is 12.1 Å². The van der Waals surface area contributed by atoms with E-state index < -0.39 is 48.8 Å². The minimum absolute atomic E-state index is 0.285. The second kappa shape index (κ2) is 6.36. The molecule has 0 fully saturated rings. The van der Waals surface area contributed by atoms with Crippen LogP contribution in [0.1, 0.15) is 22.3 Å². The molecule has 0 amide bonds. The molecule has 0 saturated carbocycles. The molecule has 0 unspecified atom stereocenters. The topological polar surface area (TPSA) is 62.3 Å². The Hall–Kier alpha value is -3.31. The minimum atomic E-state index is -4.92. The molecule has 11 heteroatoms. The van der Waals surface area contributed by atoms with E-state index in [-0.39, 0.29) is 28.8 Å². The summed E-state index contributed by atoms with van der Waals surface area (Å²) in [4.78, 5) is 1.10. The second-order valence-corrected chi connectivity index (χ2v) is 7.75. The van der Waals surface area contributed by atoms with E-state index in [0.717, 1.165) is 12.1 Å². The van der Waals surface area contributed by atoms with Gasteiger partial charge in [0.15, 0.2) is 0 Å². The van der Waals surface area contributed by atoms with E-state index in [9.17, 15) is 40.0 Å². The second-order valence-electron chi connectivity index (χ2n) is 5.87. The first-order valence-electron chi connectivity index (χ1n) is 7.52. The molecule has 0 radical (unpaired) electrons. The van der Waals surface area contributed by atoms with Crippen molar-refractivity contribution in [1.29, 1.82) is 5.26 Å². The molecule has 2 aromatic rings. The van der Waals surface area contributed by atoms with Gasteiger partial charge in [0.2, 0.25) is 9.84 Å². The number of benzene rings is 2. The number of hydrogen-bond acceptors (Lipinski definition) is 3. The highest BCUT2D eigenvalue weighted by Gasteiger charge is 2.40. The molecule has 1 heterocycles. The van der Waals surface area contributed by atoms with E-state index in [1.165, 1.54) is 6.07 Å². The van der Waals surface area contributed by atoms with Crippen molar-refractivity contribution in [3.63, 3.8) is 0 Å². The molecule has 0 N–H and O–H groups in total. The SMILES string of the molecule is [C-]#[N+]C(C#N)=C1c2ccc(C(F)(F)F)cc2S(=O)(=O)c2cc(C(F)(F)F)ccc21. The first-order valence-corrected chi connectivity index (χ1v) is 9.01. The van der Waals surface area contributed by atoms with Crippen molar-refractivity contribution in [1.82, 2.24) is 0 Å². The van der Waals surface area contributed by atoms with Crippen LogP contribution in [0, 0.1) is 17.9 Å². The van der Waals surface area contributed by atoms with Crippen LogP contribution < -0.4 is 0 Å². The number of allylic oxidation sites excluding steroid dienone is 1. The fourth-order valence-corrected chi connectivity index (χ4v) is 4.63. The fraction of sp³-hybridized carbons (Fsp3) is 0.111. The third-order valence-electron chi connectivity index (χ3n) is 4.19. The lowest BCUT2D eigenvalue weighted by atomic mass is 9.93. The Balaban J connectivity index is 2.49. The Bertz CT molecular complexity index is 1170. The number of sulfone groups is 1. The summed E-state index contributed by atoms with van der Waals surface area (Å²) in [7, 11) is -4.80. The standard InChI is InChI=1S/C18H6F6N2O2S/c1-26-13(8-25)16-11-4-2-9(17(19,20)21)6-14(11)29(27,28)15-7-10(18(22,23)24)3-5-12(15)16/h2-7H. The van der Waals surface area contributed by atoms with Gasteiger partial charge in [-0.2, -0.15) is 26.3 Å². The molecule has 0 atom stereocenters. The lowest BCUT2D eigenvalue weighted by Gasteiger charge is -2.25. The van der Waals surface area contributed by atoms with Crippen molar-refractivity contribution in [2.45, 2.75) is 22.1 Å². The zero-order valence-electron chi connectivity index (χ0n) is 13.9. The highest BCUT2D eigenvalue weighted by Crippen LogP contribution is 2.46. The van der Waals surface area contributed by atoms with Gasteiger partial charge in [0, 0.05) is 5.57 Å². The van der Waals surface area contributed by atoms with Gasteiger partial charge in [-0.15, -0.1) is 0 Å². The lowest BCUT2D eigenvalue weighted by molar-refractivity contribution is -0.138. The van der Waals surface area contributed by atoms with Crippen LogP contribution in [-0.4, -0.2) is 8.42 Å². The van der Waals surface area contributed by atoms with Gasteiger partial charge in [-0.1, -0.05) is 12.1 Å². The number of halogens is 6. The number of hydrogen-bond donors (Lipinski definition) is 0. The zero-order valence-corrected chi connectivity index (χ0v) is 14.7. The smallest absolute Gasteiger partial charge is 0.226 e. The number of nitrogens with zero attached hydrogens (tertiary/aromatic N) is 2. The van der Waals surface area contributed by atoms with Gasteiger partial charge in [-0.3, -0.25) is 0 Å². The molecule has 1 aliphatic heterocycles. The number of alkyl halides is 6. The number of fused-ring (bicyclic) bond motifs is 2. The summed E-state index contributed by atoms with van der Waals surface area (Å²) >= 11 is 0. The van der Waals surface area contributed by atoms with Gasteiger partial charge in [0.1, 0.15) is 0 Å². The van der Waals surface area contributed by atoms with Gasteiger partial charge < -0.3 is 0 Å². The van der Waals surface area contributed by atoms with Gasteiger partial charge >= 0.3 is 12.4 Å². The molecule has 0 aliphatic carbocycles. The van der Waals surface area contributed by atoms with Crippen LogP contribution in [0.15, 0.2) is 51.9 Å². The molecule has 29 heavy (non-hydrogen) atoms. The molecule has 148 valence electrons. The van der Waals surface area contributed by atoms with Crippen molar-refractivity contribution in [3.05, 3.63) is 75.8 Å². The maximum Gasteiger partial charge on any atom is 0.416 e. The zero-order chi connectivity index (χ0) is 21.8. The summed E-state index contributed by atoms with van der Waals surface area (Å²) in [6.07, 6.45) is -9.83. The van der Waals surface area contributed by atoms with Crippen LogP contribution in [0.5, 0.6) is 0 Å². The highest BCUT2D eigenvalue weighted by molar-refractivity contribution is 7.91. The predicted octanol–water partition coefficient (Wildman–Crippen LogP) is 5.07. The van der Waals surface area contributed by atoms with Gasteiger partial charge in [-0.25, -0.2) is 18.5 Å². The Morgan fingerprint density at radius 1 is 0.897 bits per heavy atom. The normalized spacial score (nSPS) is 15.0. The van der Waals surface area contributed by atoms with Gasteiger partial charge in [0.05, 0.1) is 33.6 Å².